The first kappa shape index (κ1) is 18.3. The molecule has 0 bridgehead atoms. The summed E-state index contributed by atoms with van der Waals surface area (Å²) in [6.07, 6.45) is 3.77. The van der Waals surface area contributed by atoms with Crippen LogP contribution in [-0.2, 0) is 17.6 Å². The monoisotopic (exact) mass is 355 g/mol. The van der Waals surface area contributed by atoms with Gasteiger partial charge in [0.2, 0.25) is 11.9 Å². The van der Waals surface area contributed by atoms with Gasteiger partial charge in [-0.1, -0.05) is 6.07 Å². The quantitative estimate of drug-likeness (QED) is 0.715. The summed E-state index contributed by atoms with van der Waals surface area (Å²) in [5.41, 5.74) is 8.85. The average Bonchev–Trinajstić information content (AvgIpc) is 2.55. The van der Waals surface area contributed by atoms with Gasteiger partial charge in [-0.15, -0.1) is 0 Å². The first-order valence-corrected chi connectivity index (χ1v) is 8.89. The third kappa shape index (κ3) is 4.35. The lowest BCUT2D eigenvalue weighted by atomic mass is 9.76. The molecule has 2 aromatic rings. The summed E-state index contributed by atoms with van der Waals surface area (Å²) in [5.74, 6) is 0.411. The maximum absolute atomic E-state index is 12.6. The second kappa shape index (κ2) is 7.78. The van der Waals surface area contributed by atoms with Crippen LogP contribution in [0.15, 0.2) is 24.4 Å². The van der Waals surface area contributed by atoms with E-state index in [9.17, 15) is 9.90 Å². The van der Waals surface area contributed by atoms with Gasteiger partial charge in [-0.3, -0.25) is 9.78 Å². The molecule has 1 fully saturated rings. The van der Waals surface area contributed by atoms with Gasteiger partial charge >= 0.3 is 0 Å². The summed E-state index contributed by atoms with van der Waals surface area (Å²) in [6.45, 7) is 3.67. The summed E-state index contributed by atoms with van der Waals surface area (Å²) in [6, 6.07) is 5.72. The molecular weight excluding hydrogens is 330 g/mol. The van der Waals surface area contributed by atoms with Gasteiger partial charge in [0.1, 0.15) is 0 Å². The highest BCUT2D eigenvalue weighted by atomic mass is 16.3. The minimum atomic E-state index is -0.266. The zero-order chi connectivity index (χ0) is 18.7. The van der Waals surface area contributed by atoms with Crippen molar-refractivity contribution in [3.05, 3.63) is 47.0 Å². The summed E-state index contributed by atoms with van der Waals surface area (Å²) in [5, 5.41) is 12.8. The van der Waals surface area contributed by atoms with Crippen LogP contribution < -0.4 is 11.1 Å². The smallest absolute Gasteiger partial charge is 0.224 e. The third-order valence-corrected chi connectivity index (χ3v) is 5.00. The standard InChI is InChI=1S/C19H25N5O2/c1-11-16(12(2)23-19(20)22-11)10-18(26)24-17(13-7-15(25)8-13)9-14-5-3-4-6-21-14/h3-6,13,15,17,25H,7-10H2,1-2H3,(H,24,26)(H2,20,22,23). The number of nitrogens with zero attached hydrogens (tertiary/aromatic N) is 3. The lowest BCUT2D eigenvalue weighted by Gasteiger charge is -2.38. The van der Waals surface area contributed by atoms with Crippen LogP contribution in [-0.4, -0.2) is 38.1 Å². The van der Waals surface area contributed by atoms with E-state index in [1.165, 1.54) is 0 Å². The Bertz CT molecular complexity index is 752. The minimum absolute atomic E-state index is 0.0453. The molecule has 0 aromatic carbocycles. The topological polar surface area (TPSA) is 114 Å². The molecule has 0 spiro atoms. The molecule has 0 saturated heterocycles. The second-order valence-corrected chi connectivity index (χ2v) is 6.99. The summed E-state index contributed by atoms with van der Waals surface area (Å²) >= 11 is 0. The fourth-order valence-electron chi connectivity index (χ4n) is 3.48. The number of carbonyl (C=O) groups excluding carboxylic acids is 1. The maximum atomic E-state index is 12.6. The van der Waals surface area contributed by atoms with Crippen LogP contribution in [0, 0.1) is 19.8 Å². The van der Waals surface area contributed by atoms with Gasteiger partial charge in [0.25, 0.3) is 0 Å². The van der Waals surface area contributed by atoms with E-state index in [-0.39, 0.29) is 36.3 Å². The van der Waals surface area contributed by atoms with Gasteiger partial charge in [0.15, 0.2) is 0 Å². The lowest BCUT2D eigenvalue weighted by Crippen LogP contribution is -2.48. The van der Waals surface area contributed by atoms with Crippen LogP contribution in [0.5, 0.6) is 0 Å². The molecule has 3 rings (SSSR count). The summed E-state index contributed by atoms with van der Waals surface area (Å²) in [7, 11) is 0. The highest BCUT2D eigenvalue weighted by molar-refractivity contribution is 5.79. The Hall–Kier alpha value is -2.54. The fourth-order valence-corrected chi connectivity index (χ4v) is 3.48. The molecule has 4 N–H and O–H groups in total. The fraction of sp³-hybridized carbons (Fsp3) is 0.474. The zero-order valence-electron chi connectivity index (χ0n) is 15.1. The number of carbonyl (C=O) groups is 1. The number of anilines is 1. The Morgan fingerprint density at radius 3 is 2.58 bits per heavy atom. The highest BCUT2D eigenvalue weighted by Gasteiger charge is 2.35. The molecule has 7 nitrogen and oxygen atoms in total. The SMILES string of the molecule is Cc1nc(N)nc(C)c1CC(=O)NC(Cc1ccccn1)C1CC(O)C1. The van der Waals surface area contributed by atoms with Crippen molar-refractivity contribution in [1.29, 1.82) is 0 Å². The predicted molar refractivity (Wildman–Crippen MR) is 98.2 cm³/mol. The first-order chi connectivity index (χ1) is 12.4. The zero-order valence-corrected chi connectivity index (χ0v) is 15.1. The number of aliphatic hydroxyl groups is 1. The molecule has 7 heteroatoms. The molecule has 1 saturated carbocycles. The first-order valence-electron chi connectivity index (χ1n) is 8.89. The van der Waals surface area contributed by atoms with Crippen molar-refractivity contribution >= 4 is 11.9 Å². The number of nitrogens with one attached hydrogen (secondary N) is 1. The number of amides is 1. The minimum Gasteiger partial charge on any atom is -0.393 e. The van der Waals surface area contributed by atoms with Crippen molar-refractivity contribution in [1.82, 2.24) is 20.3 Å². The van der Waals surface area contributed by atoms with Gasteiger partial charge in [0, 0.05) is 41.3 Å². The predicted octanol–water partition coefficient (Wildman–Crippen LogP) is 1.11. The van der Waals surface area contributed by atoms with Crippen LogP contribution in [0.1, 0.15) is 35.5 Å². The van der Waals surface area contributed by atoms with Gasteiger partial charge < -0.3 is 16.2 Å². The number of hydrogen-bond donors (Lipinski definition) is 3. The molecular formula is C19H25N5O2. The number of hydrogen-bond acceptors (Lipinski definition) is 6. The van der Waals surface area contributed by atoms with Crippen LogP contribution in [0.25, 0.3) is 0 Å². The Labute approximate surface area is 153 Å². The van der Waals surface area contributed by atoms with E-state index in [2.05, 4.69) is 20.3 Å². The Morgan fingerprint density at radius 2 is 2.00 bits per heavy atom. The van der Waals surface area contributed by atoms with E-state index >= 15 is 0 Å². The van der Waals surface area contributed by atoms with Gasteiger partial charge in [-0.05, 0) is 44.7 Å². The van der Waals surface area contributed by atoms with Gasteiger partial charge in [-0.2, -0.15) is 0 Å². The Balaban J connectivity index is 1.69. The molecule has 1 unspecified atom stereocenters. The van der Waals surface area contributed by atoms with Crippen molar-refractivity contribution < 1.29 is 9.90 Å². The van der Waals surface area contributed by atoms with Gasteiger partial charge in [-0.25, -0.2) is 9.97 Å². The molecule has 1 atom stereocenters. The van der Waals surface area contributed by atoms with Crippen molar-refractivity contribution in [3.8, 4) is 0 Å². The van der Waals surface area contributed by atoms with Gasteiger partial charge in [0.05, 0.1) is 12.5 Å². The Kier molecular flexibility index (Phi) is 5.46. The molecule has 26 heavy (non-hydrogen) atoms. The molecule has 1 amide bonds. The molecule has 0 radical (unpaired) electrons. The van der Waals surface area contributed by atoms with E-state index in [0.29, 0.717) is 19.3 Å². The molecule has 2 aromatic heterocycles. The van der Waals surface area contributed by atoms with E-state index < -0.39 is 0 Å². The average molecular weight is 355 g/mol. The van der Waals surface area contributed by atoms with Crippen LogP contribution >= 0.6 is 0 Å². The Morgan fingerprint density at radius 1 is 1.31 bits per heavy atom. The van der Waals surface area contributed by atoms with E-state index in [0.717, 1.165) is 22.6 Å². The number of aromatic nitrogens is 3. The normalized spacial score (nSPS) is 20.3. The number of nitrogens with two attached hydrogens (primary N) is 1. The van der Waals surface area contributed by atoms with E-state index in [4.69, 9.17) is 5.73 Å². The van der Waals surface area contributed by atoms with Crippen molar-refractivity contribution in [2.45, 2.75) is 51.7 Å². The van der Waals surface area contributed by atoms with E-state index in [1.54, 1.807) is 6.20 Å². The molecule has 1 aliphatic carbocycles. The maximum Gasteiger partial charge on any atom is 0.224 e. The number of aliphatic hydroxyl groups excluding tert-OH is 1. The molecule has 0 aliphatic heterocycles. The van der Waals surface area contributed by atoms with Crippen molar-refractivity contribution in [2.75, 3.05) is 5.73 Å². The third-order valence-electron chi connectivity index (χ3n) is 5.00. The van der Waals surface area contributed by atoms with E-state index in [1.807, 2.05) is 32.0 Å². The van der Waals surface area contributed by atoms with Crippen molar-refractivity contribution in [2.24, 2.45) is 5.92 Å². The number of pyridine rings is 1. The van der Waals surface area contributed by atoms with Crippen LogP contribution in [0.4, 0.5) is 5.95 Å². The second-order valence-electron chi connectivity index (χ2n) is 6.99. The number of nitrogen functional groups attached to an aromatic ring is 1. The summed E-state index contributed by atoms with van der Waals surface area (Å²) in [4.78, 5) is 25.3. The highest BCUT2D eigenvalue weighted by Crippen LogP contribution is 2.31. The molecule has 1 aliphatic rings. The number of rotatable bonds is 6. The largest absolute Gasteiger partial charge is 0.393 e. The van der Waals surface area contributed by atoms with Crippen LogP contribution in [0.2, 0.25) is 0 Å². The summed E-state index contributed by atoms with van der Waals surface area (Å²) < 4.78 is 0. The number of aryl methyl sites for hydroxylation is 2. The lowest BCUT2D eigenvalue weighted by molar-refractivity contribution is -0.122. The van der Waals surface area contributed by atoms with Crippen LogP contribution in [0.3, 0.4) is 0 Å². The van der Waals surface area contributed by atoms with Crippen molar-refractivity contribution in [3.63, 3.8) is 0 Å². The molecule has 2 heterocycles. The molecule has 138 valence electrons.